The van der Waals surface area contributed by atoms with E-state index in [0.717, 1.165) is 3.57 Å². The van der Waals surface area contributed by atoms with Gasteiger partial charge in [0, 0.05) is 26.4 Å². The Balaban J connectivity index is 1.98. The molecule has 182 valence electrons. The number of amides is 1. The number of aromatic hydroxyl groups is 1. The molecule has 1 fully saturated rings. The summed E-state index contributed by atoms with van der Waals surface area (Å²) in [6.07, 6.45) is 2.24. The number of fused-ring (bicyclic) bond motifs is 3. The third-order valence-corrected chi connectivity index (χ3v) is 8.61. The molecule has 0 spiro atoms. The topological polar surface area (TPSA) is 161 Å². The summed E-state index contributed by atoms with van der Waals surface area (Å²) in [6, 6.07) is 0.749. The minimum atomic E-state index is -2.62. The molecule has 0 aromatic heterocycles. The van der Waals surface area contributed by atoms with E-state index in [2.05, 4.69) is 22.6 Å². The average molecular weight is 600 g/mol. The largest absolute Gasteiger partial charge is 0.508 e. The highest BCUT2D eigenvalue weighted by Gasteiger charge is 2.64. The number of ketones is 2. The first-order chi connectivity index (χ1) is 15.9. The van der Waals surface area contributed by atoms with Crippen molar-refractivity contribution in [3.05, 3.63) is 43.2 Å². The van der Waals surface area contributed by atoms with Crippen LogP contribution < -0.4 is 5.73 Å². The number of nitrogens with two attached hydrogens (primary N) is 1. The van der Waals surface area contributed by atoms with Crippen LogP contribution in [0.5, 0.6) is 5.75 Å². The van der Waals surface area contributed by atoms with Crippen molar-refractivity contribution in [1.82, 2.24) is 4.90 Å². The van der Waals surface area contributed by atoms with Crippen LogP contribution in [0.15, 0.2) is 23.0 Å². The molecule has 1 aromatic carbocycles. The Hall–Kier alpha value is -2.09. The van der Waals surface area contributed by atoms with E-state index in [1.165, 1.54) is 16.7 Å². The van der Waals surface area contributed by atoms with Gasteiger partial charge in [-0.25, -0.2) is 0 Å². The van der Waals surface area contributed by atoms with E-state index in [1.807, 2.05) is 12.3 Å². The maximum Gasteiger partial charge on any atom is 0.255 e. The number of primary amides is 1. The zero-order chi connectivity index (χ0) is 25.3. The van der Waals surface area contributed by atoms with E-state index in [-0.39, 0.29) is 23.3 Å². The van der Waals surface area contributed by atoms with Crippen LogP contribution in [0.4, 0.5) is 0 Å². The van der Waals surface area contributed by atoms with Gasteiger partial charge >= 0.3 is 0 Å². The number of hydrogen-bond donors (Lipinski definition) is 5. The number of phenolic OH excluding ortho intramolecular Hbond substituents is 1. The number of carbonyl (C=O) groups excluding carboxylic acids is 3. The van der Waals surface area contributed by atoms with Crippen LogP contribution in [0.1, 0.15) is 23.1 Å². The molecular formula is C23H25IN2O7S. The highest BCUT2D eigenvalue weighted by molar-refractivity contribution is 14.1. The Bertz CT molecular complexity index is 1210. The summed E-state index contributed by atoms with van der Waals surface area (Å²) in [4.78, 5) is 40.3. The summed E-state index contributed by atoms with van der Waals surface area (Å²) in [5.74, 6) is -5.87. The van der Waals surface area contributed by atoms with Gasteiger partial charge < -0.3 is 26.2 Å². The smallest absolute Gasteiger partial charge is 0.255 e. The molecule has 3 unspecified atom stereocenters. The summed E-state index contributed by atoms with van der Waals surface area (Å²) >= 11 is 3.61. The van der Waals surface area contributed by atoms with Gasteiger partial charge in [0.05, 0.1) is 11.6 Å². The Morgan fingerprint density at radius 2 is 1.94 bits per heavy atom. The zero-order valence-electron chi connectivity index (χ0n) is 18.8. The molecule has 0 heterocycles. The predicted octanol–water partition coefficient (Wildman–Crippen LogP) is 1.43. The Morgan fingerprint density at radius 1 is 1.29 bits per heavy atom. The molecular weight excluding hydrogens is 575 g/mol. The van der Waals surface area contributed by atoms with Crippen LogP contribution in [0, 0.1) is 15.4 Å². The Labute approximate surface area is 213 Å². The third-order valence-electron chi connectivity index (χ3n) is 7.05. The number of halogens is 1. The van der Waals surface area contributed by atoms with Crippen LogP contribution in [0.3, 0.4) is 0 Å². The van der Waals surface area contributed by atoms with Crippen LogP contribution >= 0.6 is 34.4 Å². The first-order valence-corrected chi connectivity index (χ1v) is 13.0. The molecule has 1 amide bonds. The first kappa shape index (κ1) is 25.0. The van der Waals surface area contributed by atoms with Gasteiger partial charge in [-0.15, -0.1) is 0 Å². The van der Waals surface area contributed by atoms with Crippen molar-refractivity contribution >= 4 is 57.6 Å². The highest BCUT2D eigenvalue weighted by Crippen LogP contribution is 2.53. The van der Waals surface area contributed by atoms with Crippen LogP contribution in [-0.2, 0) is 26.6 Å². The first-order valence-electron chi connectivity index (χ1n) is 10.5. The number of thioether (sulfide) groups is 1. The van der Waals surface area contributed by atoms with Crippen molar-refractivity contribution in [2.45, 2.75) is 30.2 Å². The Morgan fingerprint density at radius 3 is 2.50 bits per heavy atom. The van der Waals surface area contributed by atoms with Crippen molar-refractivity contribution in [1.29, 1.82) is 0 Å². The standard InChI is InChI=1S/C23H25IN2O7S/c1-26(2)16-11-5-8-4-10-12(24)6-9(7-34-3)17(27)14(10)18(28)13(8)20(30)23(11,33)21(31)15(19(16)29)22(25)32/h6,8,11,16,27-28,31,33H,4-5,7H2,1-3H3,(H2,25,32)/t8?,11?,16?,23-/m0/s1. The van der Waals surface area contributed by atoms with Crippen molar-refractivity contribution in [3.8, 4) is 5.75 Å². The molecule has 34 heavy (non-hydrogen) atoms. The van der Waals surface area contributed by atoms with Crippen molar-refractivity contribution < 1.29 is 34.8 Å². The molecule has 0 bridgehead atoms. The van der Waals surface area contributed by atoms with Gasteiger partial charge in [-0.05, 0) is 73.3 Å². The minimum Gasteiger partial charge on any atom is -0.508 e. The molecule has 1 aromatic rings. The summed E-state index contributed by atoms with van der Waals surface area (Å²) in [5, 5.41) is 44.5. The zero-order valence-corrected chi connectivity index (χ0v) is 21.7. The second-order valence-corrected chi connectivity index (χ2v) is 11.1. The number of hydrogen-bond acceptors (Lipinski definition) is 9. The lowest BCUT2D eigenvalue weighted by atomic mass is 9.57. The maximum atomic E-state index is 13.8. The van der Waals surface area contributed by atoms with E-state index in [4.69, 9.17) is 5.73 Å². The van der Waals surface area contributed by atoms with Crippen LogP contribution in [0.2, 0.25) is 0 Å². The van der Waals surface area contributed by atoms with E-state index < -0.39 is 58.0 Å². The fraction of sp³-hybridized carbons (Fsp3) is 0.435. The number of rotatable bonds is 4. The highest BCUT2D eigenvalue weighted by atomic mass is 127. The van der Waals surface area contributed by atoms with Gasteiger partial charge in [-0.3, -0.25) is 19.3 Å². The normalized spacial score (nSPS) is 28.7. The number of nitrogens with zero attached hydrogens (tertiary/aromatic N) is 1. The quantitative estimate of drug-likeness (QED) is 0.254. The predicted molar refractivity (Wildman–Crippen MR) is 134 cm³/mol. The van der Waals surface area contributed by atoms with E-state index in [9.17, 15) is 34.8 Å². The fourth-order valence-electron chi connectivity index (χ4n) is 5.58. The SMILES string of the molecule is CSCc1cc(I)c2c(c1O)C(O)=C1C(=O)[C@]3(O)C(O)=C(C(N)=O)C(=O)C(N(C)C)C3CC1C2. The van der Waals surface area contributed by atoms with Crippen molar-refractivity contribution in [2.75, 3.05) is 20.4 Å². The number of Topliss-reactive ketones (excluding diaryl/α,β-unsaturated/α-hetero) is 2. The number of benzene rings is 1. The minimum absolute atomic E-state index is 0.0785. The number of aliphatic hydroxyl groups excluding tert-OH is 2. The van der Waals surface area contributed by atoms with Gasteiger partial charge in [0.2, 0.25) is 5.78 Å². The Kier molecular flexibility index (Phi) is 6.28. The third kappa shape index (κ3) is 3.31. The fourth-order valence-corrected chi connectivity index (χ4v) is 6.98. The maximum absolute atomic E-state index is 13.8. The lowest BCUT2D eigenvalue weighted by Crippen LogP contribution is -2.65. The number of likely N-dealkylation sites (N-methyl/N-ethyl adjacent to an activating group) is 1. The summed E-state index contributed by atoms with van der Waals surface area (Å²) in [6.45, 7) is 0. The molecule has 4 atom stereocenters. The lowest BCUT2D eigenvalue weighted by Gasteiger charge is -2.50. The van der Waals surface area contributed by atoms with E-state index in [1.54, 1.807) is 14.1 Å². The molecule has 1 saturated carbocycles. The summed E-state index contributed by atoms with van der Waals surface area (Å²) in [7, 11) is 3.14. The molecule has 4 rings (SSSR count). The van der Waals surface area contributed by atoms with Crippen molar-refractivity contribution in [2.24, 2.45) is 17.6 Å². The van der Waals surface area contributed by atoms with Gasteiger partial charge in [0.15, 0.2) is 11.4 Å². The van der Waals surface area contributed by atoms with E-state index in [0.29, 0.717) is 23.3 Å². The lowest BCUT2D eigenvalue weighted by molar-refractivity contribution is -0.153. The molecule has 3 aliphatic rings. The summed E-state index contributed by atoms with van der Waals surface area (Å²) in [5.41, 5.74) is 3.15. The van der Waals surface area contributed by atoms with Crippen molar-refractivity contribution in [3.63, 3.8) is 0 Å². The van der Waals surface area contributed by atoms with Crippen LogP contribution in [-0.4, -0.2) is 74.8 Å². The summed E-state index contributed by atoms with van der Waals surface area (Å²) < 4.78 is 0.816. The molecule has 11 heteroatoms. The van der Waals surface area contributed by atoms with Crippen LogP contribution in [0.25, 0.3) is 5.76 Å². The van der Waals surface area contributed by atoms with Gasteiger partial charge in [-0.1, -0.05) is 0 Å². The molecule has 0 aliphatic heterocycles. The molecule has 0 saturated heterocycles. The molecule has 0 radical (unpaired) electrons. The second-order valence-electron chi connectivity index (χ2n) is 9.11. The van der Waals surface area contributed by atoms with E-state index >= 15 is 0 Å². The van der Waals surface area contributed by atoms with Gasteiger partial charge in [0.25, 0.3) is 5.91 Å². The molecule has 6 N–H and O–H groups in total. The monoisotopic (exact) mass is 600 g/mol. The van der Waals surface area contributed by atoms with Gasteiger partial charge in [-0.2, -0.15) is 11.8 Å². The molecule has 9 nitrogen and oxygen atoms in total. The number of carbonyl (C=O) groups is 3. The number of aliphatic hydroxyl groups is 3. The average Bonchev–Trinajstić information content (AvgIpc) is 2.74. The molecule has 3 aliphatic carbocycles. The number of phenols is 1. The van der Waals surface area contributed by atoms with Gasteiger partial charge in [0.1, 0.15) is 22.8 Å². The second kappa shape index (κ2) is 8.54.